The molecule has 0 saturated carbocycles. The number of amides is 2. The van der Waals surface area contributed by atoms with Gasteiger partial charge in [0.05, 0.1) is 11.5 Å². The number of nitrogens with zero attached hydrogens (tertiary/aromatic N) is 2. The first kappa shape index (κ1) is 15.5. The van der Waals surface area contributed by atoms with Crippen LogP contribution in [0.25, 0.3) is 0 Å². The Kier molecular flexibility index (Phi) is 4.93. The highest BCUT2D eigenvalue weighted by molar-refractivity contribution is 7.91. The maximum Gasteiger partial charge on any atom is 0.323 e. The molecule has 1 saturated heterocycles. The van der Waals surface area contributed by atoms with Gasteiger partial charge in [-0.05, 0) is 6.42 Å². The number of hydrogen-bond donors (Lipinski definition) is 1. The van der Waals surface area contributed by atoms with Crippen LogP contribution in [0.4, 0.5) is 4.79 Å². The standard InChI is InChI=1S/C11H18N2O5S/c1-3-5-12(2)11(16)13(7-10(14)15)9-4-6-19(17,18)8-9/h3,9H,1,4-8H2,2H3,(H,14,15). The SMILES string of the molecule is C=CCN(C)C(=O)N(CC(=O)O)C1CCS(=O)(=O)C1. The number of sulfone groups is 1. The lowest BCUT2D eigenvalue weighted by molar-refractivity contribution is -0.138. The van der Waals surface area contributed by atoms with Gasteiger partial charge in [0.2, 0.25) is 0 Å². The summed E-state index contributed by atoms with van der Waals surface area (Å²) < 4.78 is 22.9. The largest absolute Gasteiger partial charge is 0.480 e. The predicted octanol–water partition coefficient (Wildman–Crippen LogP) is -0.202. The molecule has 1 N–H and O–H groups in total. The summed E-state index contributed by atoms with van der Waals surface area (Å²) >= 11 is 0. The Hall–Kier alpha value is -1.57. The van der Waals surface area contributed by atoms with Gasteiger partial charge in [0.15, 0.2) is 9.84 Å². The summed E-state index contributed by atoms with van der Waals surface area (Å²) in [6, 6.07) is -1.06. The molecule has 0 radical (unpaired) electrons. The van der Waals surface area contributed by atoms with Crippen molar-refractivity contribution in [1.29, 1.82) is 0 Å². The predicted molar refractivity (Wildman–Crippen MR) is 69.6 cm³/mol. The van der Waals surface area contributed by atoms with E-state index in [0.717, 1.165) is 4.90 Å². The van der Waals surface area contributed by atoms with E-state index in [1.807, 2.05) is 0 Å². The number of carbonyl (C=O) groups excluding carboxylic acids is 1. The van der Waals surface area contributed by atoms with E-state index in [2.05, 4.69) is 6.58 Å². The number of carbonyl (C=O) groups is 2. The number of aliphatic carboxylic acids is 1. The molecule has 2 amide bonds. The van der Waals surface area contributed by atoms with Crippen molar-refractivity contribution in [2.45, 2.75) is 12.5 Å². The lowest BCUT2D eigenvalue weighted by Gasteiger charge is -2.30. The van der Waals surface area contributed by atoms with E-state index in [1.54, 1.807) is 0 Å². The minimum absolute atomic E-state index is 0.00770. The third-order valence-corrected chi connectivity index (χ3v) is 4.68. The number of carboxylic acids is 1. The topological polar surface area (TPSA) is 95.0 Å². The van der Waals surface area contributed by atoms with E-state index in [-0.39, 0.29) is 24.5 Å². The highest BCUT2D eigenvalue weighted by atomic mass is 32.2. The molecule has 1 aliphatic heterocycles. The van der Waals surface area contributed by atoms with Gasteiger partial charge in [-0.3, -0.25) is 4.79 Å². The monoisotopic (exact) mass is 290 g/mol. The van der Waals surface area contributed by atoms with Crippen molar-refractivity contribution < 1.29 is 23.1 Å². The molecular formula is C11H18N2O5S. The van der Waals surface area contributed by atoms with Gasteiger partial charge in [-0.25, -0.2) is 13.2 Å². The van der Waals surface area contributed by atoms with Crippen LogP contribution in [0.2, 0.25) is 0 Å². The zero-order valence-corrected chi connectivity index (χ0v) is 11.6. The van der Waals surface area contributed by atoms with Crippen molar-refractivity contribution in [2.24, 2.45) is 0 Å². The van der Waals surface area contributed by atoms with Gasteiger partial charge in [-0.15, -0.1) is 6.58 Å². The second kappa shape index (κ2) is 6.05. The molecule has 1 rings (SSSR count). The van der Waals surface area contributed by atoms with Crippen LogP contribution in [-0.4, -0.2) is 73.0 Å². The molecule has 0 bridgehead atoms. The highest BCUT2D eigenvalue weighted by Gasteiger charge is 2.36. The summed E-state index contributed by atoms with van der Waals surface area (Å²) in [6.07, 6.45) is 1.80. The number of likely N-dealkylation sites (N-methyl/N-ethyl adjacent to an activating group) is 1. The van der Waals surface area contributed by atoms with E-state index < -0.39 is 34.4 Å². The van der Waals surface area contributed by atoms with Crippen molar-refractivity contribution in [3.05, 3.63) is 12.7 Å². The molecular weight excluding hydrogens is 272 g/mol. The van der Waals surface area contributed by atoms with Crippen LogP contribution in [0.5, 0.6) is 0 Å². The Bertz CT molecular complexity index is 473. The lowest BCUT2D eigenvalue weighted by Crippen LogP contribution is -2.49. The lowest BCUT2D eigenvalue weighted by atomic mass is 10.2. The van der Waals surface area contributed by atoms with E-state index >= 15 is 0 Å². The molecule has 19 heavy (non-hydrogen) atoms. The Morgan fingerprint density at radius 1 is 1.47 bits per heavy atom. The van der Waals surface area contributed by atoms with E-state index in [1.165, 1.54) is 18.0 Å². The van der Waals surface area contributed by atoms with Crippen molar-refractivity contribution in [3.8, 4) is 0 Å². The minimum Gasteiger partial charge on any atom is -0.480 e. The summed E-state index contributed by atoms with van der Waals surface area (Å²) in [5.41, 5.74) is 0. The molecule has 1 heterocycles. The van der Waals surface area contributed by atoms with Crippen molar-refractivity contribution >= 4 is 21.8 Å². The minimum atomic E-state index is -3.17. The second-order valence-corrected chi connectivity index (χ2v) is 6.76. The molecule has 0 aliphatic carbocycles. The molecule has 0 spiro atoms. The summed E-state index contributed by atoms with van der Waals surface area (Å²) in [7, 11) is -1.66. The Balaban J connectivity index is 2.86. The molecule has 8 heteroatoms. The summed E-state index contributed by atoms with van der Waals surface area (Å²) in [6.45, 7) is 3.27. The Labute approximate surface area is 112 Å². The van der Waals surface area contributed by atoms with Gasteiger partial charge in [0.1, 0.15) is 6.54 Å². The molecule has 0 aromatic heterocycles. The number of urea groups is 1. The molecule has 1 atom stereocenters. The summed E-state index contributed by atoms with van der Waals surface area (Å²) in [5.74, 6) is -1.34. The highest BCUT2D eigenvalue weighted by Crippen LogP contribution is 2.18. The van der Waals surface area contributed by atoms with Gasteiger partial charge in [0, 0.05) is 19.6 Å². The number of carboxylic acid groups (broad SMARTS) is 1. The average Bonchev–Trinajstić information content (AvgIpc) is 2.65. The molecule has 1 unspecified atom stereocenters. The molecule has 7 nitrogen and oxygen atoms in total. The van der Waals surface area contributed by atoms with E-state index in [4.69, 9.17) is 5.11 Å². The van der Waals surface area contributed by atoms with Crippen LogP contribution in [0, 0.1) is 0 Å². The van der Waals surface area contributed by atoms with Gasteiger partial charge < -0.3 is 14.9 Å². The van der Waals surface area contributed by atoms with Gasteiger partial charge in [-0.2, -0.15) is 0 Å². The maximum absolute atomic E-state index is 12.1. The van der Waals surface area contributed by atoms with Gasteiger partial charge in [-0.1, -0.05) is 6.08 Å². The fraction of sp³-hybridized carbons (Fsp3) is 0.636. The van der Waals surface area contributed by atoms with Crippen molar-refractivity contribution in [1.82, 2.24) is 9.80 Å². The van der Waals surface area contributed by atoms with Gasteiger partial charge in [0.25, 0.3) is 0 Å². The first-order chi connectivity index (χ1) is 8.76. The number of rotatable bonds is 5. The van der Waals surface area contributed by atoms with Crippen LogP contribution in [0.1, 0.15) is 6.42 Å². The van der Waals surface area contributed by atoms with Crippen LogP contribution >= 0.6 is 0 Å². The van der Waals surface area contributed by atoms with Crippen molar-refractivity contribution in [3.63, 3.8) is 0 Å². The molecule has 0 aromatic rings. The first-order valence-corrected chi connectivity index (χ1v) is 7.64. The Morgan fingerprint density at radius 2 is 2.11 bits per heavy atom. The quantitative estimate of drug-likeness (QED) is 0.707. The molecule has 1 aliphatic rings. The fourth-order valence-corrected chi connectivity index (χ4v) is 3.74. The summed E-state index contributed by atoms with van der Waals surface area (Å²) in [5, 5.41) is 8.85. The van der Waals surface area contributed by atoms with Crippen LogP contribution in [0.3, 0.4) is 0 Å². The van der Waals surface area contributed by atoms with Crippen molar-refractivity contribution in [2.75, 3.05) is 31.6 Å². The number of hydrogen-bond acceptors (Lipinski definition) is 4. The summed E-state index contributed by atoms with van der Waals surface area (Å²) in [4.78, 5) is 25.4. The molecule has 108 valence electrons. The second-order valence-electron chi connectivity index (χ2n) is 4.53. The van der Waals surface area contributed by atoms with Crippen LogP contribution < -0.4 is 0 Å². The third-order valence-electron chi connectivity index (χ3n) is 2.93. The molecule has 0 aromatic carbocycles. The van der Waals surface area contributed by atoms with Crippen LogP contribution in [-0.2, 0) is 14.6 Å². The van der Waals surface area contributed by atoms with Crippen LogP contribution in [0.15, 0.2) is 12.7 Å². The normalized spacial score (nSPS) is 20.8. The maximum atomic E-state index is 12.1. The third kappa shape index (κ3) is 4.23. The van der Waals surface area contributed by atoms with E-state index in [9.17, 15) is 18.0 Å². The smallest absolute Gasteiger partial charge is 0.323 e. The Morgan fingerprint density at radius 3 is 2.53 bits per heavy atom. The van der Waals surface area contributed by atoms with Gasteiger partial charge >= 0.3 is 12.0 Å². The first-order valence-electron chi connectivity index (χ1n) is 5.81. The molecule has 1 fully saturated rings. The zero-order chi connectivity index (χ0) is 14.6. The average molecular weight is 290 g/mol. The fourth-order valence-electron chi connectivity index (χ4n) is 2.01. The van der Waals surface area contributed by atoms with E-state index in [0.29, 0.717) is 0 Å². The zero-order valence-electron chi connectivity index (χ0n) is 10.8.